The Hall–Kier alpha value is -3.51. The molecule has 2 atom stereocenters. The van der Waals surface area contributed by atoms with Crippen LogP contribution in [0.1, 0.15) is 38.7 Å². The molecule has 0 radical (unpaired) electrons. The zero-order valence-electron chi connectivity index (χ0n) is 19.3. The van der Waals surface area contributed by atoms with E-state index < -0.39 is 0 Å². The van der Waals surface area contributed by atoms with E-state index in [4.69, 9.17) is 4.74 Å². The number of amides is 1. The number of benzene rings is 3. The van der Waals surface area contributed by atoms with Crippen molar-refractivity contribution in [1.82, 2.24) is 5.32 Å². The third kappa shape index (κ3) is 5.34. The van der Waals surface area contributed by atoms with Gasteiger partial charge in [0.25, 0.3) is 5.91 Å². The maximum atomic E-state index is 11.8. The van der Waals surface area contributed by atoms with Crippen LogP contribution in [0.5, 0.6) is 0 Å². The summed E-state index contributed by atoms with van der Waals surface area (Å²) in [6.45, 7) is 2.47. The summed E-state index contributed by atoms with van der Waals surface area (Å²) in [5.74, 6) is 2.15. The SMILES string of the molecule is CNC(=O)c1ccc(COC(C2=CPCC=C2)c2ccc(C#N)c(-c3ccccc3C)c2)cc1. The van der Waals surface area contributed by atoms with Gasteiger partial charge < -0.3 is 10.1 Å². The van der Waals surface area contributed by atoms with Gasteiger partial charge in [-0.15, -0.1) is 0 Å². The molecule has 3 aromatic carbocycles. The van der Waals surface area contributed by atoms with Crippen LogP contribution in [0.25, 0.3) is 11.1 Å². The van der Waals surface area contributed by atoms with E-state index in [1.54, 1.807) is 7.05 Å². The number of hydrogen-bond donors (Lipinski definition) is 1. The molecule has 0 aliphatic carbocycles. The van der Waals surface area contributed by atoms with Gasteiger partial charge in [0.05, 0.1) is 18.2 Å². The summed E-state index contributed by atoms with van der Waals surface area (Å²) in [7, 11) is 2.35. The number of hydrogen-bond acceptors (Lipinski definition) is 3. The summed E-state index contributed by atoms with van der Waals surface area (Å²) in [6.07, 6.45) is 5.13. The third-order valence-corrected chi connectivity index (χ3v) is 6.89. The van der Waals surface area contributed by atoms with Gasteiger partial charge in [-0.1, -0.05) is 69.0 Å². The van der Waals surface area contributed by atoms with E-state index in [-0.39, 0.29) is 12.0 Å². The number of ether oxygens (including phenoxy) is 1. The van der Waals surface area contributed by atoms with Gasteiger partial charge >= 0.3 is 0 Å². The zero-order valence-corrected chi connectivity index (χ0v) is 20.3. The number of rotatable bonds is 7. The summed E-state index contributed by atoms with van der Waals surface area (Å²) in [5.41, 5.74) is 7.52. The van der Waals surface area contributed by atoms with E-state index in [0.29, 0.717) is 17.7 Å². The van der Waals surface area contributed by atoms with Crippen LogP contribution in [0, 0.1) is 18.3 Å². The van der Waals surface area contributed by atoms with Gasteiger partial charge in [0, 0.05) is 18.2 Å². The van der Waals surface area contributed by atoms with Crippen molar-refractivity contribution >= 4 is 14.5 Å². The molecule has 1 amide bonds. The molecular weight excluding hydrogens is 439 g/mol. The van der Waals surface area contributed by atoms with Crippen molar-refractivity contribution in [1.29, 1.82) is 5.26 Å². The van der Waals surface area contributed by atoms with Crippen LogP contribution >= 0.6 is 8.58 Å². The minimum absolute atomic E-state index is 0.106. The van der Waals surface area contributed by atoms with Crippen molar-refractivity contribution in [3.63, 3.8) is 0 Å². The standard InChI is InChI=1S/C29H27N2O2P/c1-20-6-3-4-8-26(20)27-16-23(13-14-24(27)17-30)28(25-7-5-15-34-19-25)33-18-21-9-11-22(12-10-21)29(32)31-2/h3-14,16,19,28,34H,15,18H2,1-2H3,(H,31,32). The second-order valence-corrected chi connectivity index (χ2v) is 9.26. The topological polar surface area (TPSA) is 62.1 Å². The molecule has 2 unspecified atom stereocenters. The summed E-state index contributed by atoms with van der Waals surface area (Å²) in [4.78, 5) is 11.8. The molecule has 5 heteroatoms. The van der Waals surface area contributed by atoms with Crippen LogP contribution in [-0.2, 0) is 11.3 Å². The number of nitrogens with zero attached hydrogens (tertiary/aromatic N) is 1. The molecule has 0 spiro atoms. The van der Waals surface area contributed by atoms with Crippen molar-refractivity contribution < 1.29 is 9.53 Å². The molecule has 0 saturated carbocycles. The lowest BCUT2D eigenvalue weighted by Crippen LogP contribution is -2.17. The van der Waals surface area contributed by atoms with E-state index in [9.17, 15) is 10.1 Å². The van der Waals surface area contributed by atoms with Crippen molar-refractivity contribution in [3.05, 3.63) is 118 Å². The quantitative estimate of drug-likeness (QED) is 0.417. The molecule has 4 nitrogen and oxygen atoms in total. The van der Waals surface area contributed by atoms with Crippen LogP contribution in [-0.4, -0.2) is 19.1 Å². The molecule has 3 aromatic rings. The molecule has 170 valence electrons. The first-order valence-corrected chi connectivity index (χ1v) is 12.5. The van der Waals surface area contributed by atoms with E-state index >= 15 is 0 Å². The lowest BCUT2D eigenvalue weighted by Gasteiger charge is -2.23. The number of aryl methyl sites for hydroxylation is 1. The highest BCUT2D eigenvalue weighted by Gasteiger charge is 2.20. The number of carbonyl (C=O) groups excluding carboxylic acids is 1. The van der Waals surface area contributed by atoms with Crippen molar-refractivity contribution in [2.24, 2.45) is 0 Å². The average molecular weight is 467 g/mol. The molecule has 4 rings (SSSR count). The van der Waals surface area contributed by atoms with Crippen LogP contribution in [0.15, 0.2) is 90.3 Å². The Labute approximate surface area is 202 Å². The highest BCUT2D eigenvalue weighted by molar-refractivity contribution is 7.42. The van der Waals surface area contributed by atoms with E-state index in [1.165, 1.54) is 0 Å². The third-order valence-electron chi connectivity index (χ3n) is 5.88. The van der Waals surface area contributed by atoms with Gasteiger partial charge in [-0.2, -0.15) is 5.26 Å². The van der Waals surface area contributed by atoms with Crippen LogP contribution in [0.4, 0.5) is 0 Å². The van der Waals surface area contributed by atoms with Gasteiger partial charge in [-0.25, -0.2) is 0 Å². The molecule has 0 bridgehead atoms. The molecule has 34 heavy (non-hydrogen) atoms. The maximum Gasteiger partial charge on any atom is 0.251 e. The Bertz CT molecular complexity index is 1290. The van der Waals surface area contributed by atoms with E-state index in [2.05, 4.69) is 54.5 Å². The summed E-state index contributed by atoms with van der Waals surface area (Å²) in [5, 5.41) is 12.4. The molecule has 0 saturated heterocycles. The molecule has 0 aromatic heterocycles. The fraction of sp³-hybridized carbons (Fsp3) is 0.172. The maximum absolute atomic E-state index is 11.8. The number of nitriles is 1. The van der Waals surface area contributed by atoms with Crippen LogP contribution in [0.2, 0.25) is 0 Å². The van der Waals surface area contributed by atoms with Gasteiger partial charge in [-0.3, -0.25) is 4.79 Å². The normalized spacial score (nSPS) is 14.3. The zero-order chi connectivity index (χ0) is 23.9. The molecule has 1 heterocycles. The highest BCUT2D eigenvalue weighted by atomic mass is 31.1. The minimum Gasteiger partial charge on any atom is -0.364 e. The largest absolute Gasteiger partial charge is 0.364 e. The second-order valence-electron chi connectivity index (χ2n) is 8.15. The predicted octanol–water partition coefficient (Wildman–Crippen LogP) is 6.28. The Balaban J connectivity index is 1.67. The van der Waals surface area contributed by atoms with Crippen LogP contribution < -0.4 is 5.32 Å². The summed E-state index contributed by atoms with van der Waals surface area (Å²) in [6, 6.07) is 23.9. The molecule has 1 aliphatic rings. The Kier molecular flexibility index (Phi) is 7.70. The van der Waals surface area contributed by atoms with Crippen molar-refractivity contribution in [3.8, 4) is 17.2 Å². The summed E-state index contributed by atoms with van der Waals surface area (Å²) < 4.78 is 6.48. The van der Waals surface area contributed by atoms with Crippen molar-refractivity contribution in [2.75, 3.05) is 13.2 Å². The predicted molar refractivity (Wildman–Crippen MR) is 139 cm³/mol. The monoisotopic (exact) mass is 466 g/mol. The van der Waals surface area contributed by atoms with Gasteiger partial charge in [0.2, 0.25) is 0 Å². The number of carbonyl (C=O) groups is 1. The molecule has 0 fully saturated rings. The first kappa shape index (κ1) is 23.6. The first-order chi connectivity index (χ1) is 16.6. The van der Waals surface area contributed by atoms with Crippen LogP contribution in [0.3, 0.4) is 0 Å². The summed E-state index contributed by atoms with van der Waals surface area (Å²) >= 11 is 0. The van der Waals surface area contributed by atoms with Crippen molar-refractivity contribution in [2.45, 2.75) is 19.6 Å². The fourth-order valence-electron chi connectivity index (χ4n) is 4.03. The first-order valence-electron chi connectivity index (χ1n) is 11.2. The Morgan fingerprint density at radius 3 is 2.59 bits per heavy atom. The lowest BCUT2D eigenvalue weighted by atomic mass is 9.92. The minimum atomic E-state index is -0.252. The van der Waals surface area contributed by atoms with Gasteiger partial charge in [-0.05, 0) is 65.2 Å². The Morgan fingerprint density at radius 2 is 1.91 bits per heavy atom. The smallest absolute Gasteiger partial charge is 0.251 e. The van der Waals surface area contributed by atoms with E-state index in [1.807, 2.05) is 48.5 Å². The molecular formula is C29H27N2O2P. The molecule has 1 aliphatic heterocycles. The fourth-order valence-corrected chi connectivity index (χ4v) is 4.89. The Morgan fingerprint density at radius 1 is 1.12 bits per heavy atom. The second kappa shape index (κ2) is 11.1. The van der Waals surface area contributed by atoms with Gasteiger partial charge in [0.15, 0.2) is 0 Å². The molecule has 1 N–H and O–H groups in total. The van der Waals surface area contributed by atoms with E-state index in [0.717, 1.165) is 48.1 Å². The average Bonchev–Trinajstić information content (AvgIpc) is 2.89. The lowest BCUT2D eigenvalue weighted by molar-refractivity contribution is 0.0664. The number of allylic oxidation sites excluding steroid dienone is 1. The highest BCUT2D eigenvalue weighted by Crippen LogP contribution is 2.37. The number of nitrogens with one attached hydrogen (secondary N) is 1. The van der Waals surface area contributed by atoms with Gasteiger partial charge in [0.1, 0.15) is 6.10 Å².